The van der Waals surface area contributed by atoms with E-state index in [1.54, 1.807) is 0 Å². The van der Waals surface area contributed by atoms with Crippen LogP contribution in [0.15, 0.2) is 0 Å². The number of nitrogens with zero attached hydrogens (tertiary/aromatic N) is 2. The second-order valence-corrected chi connectivity index (χ2v) is 7.78. The number of rotatable bonds is 5. The second-order valence-electron chi connectivity index (χ2n) is 7.78. The van der Waals surface area contributed by atoms with E-state index in [-0.39, 0.29) is 0 Å². The molecule has 2 saturated heterocycles. The average Bonchev–Trinajstić information content (AvgIpc) is 2.99. The zero-order valence-electron chi connectivity index (χ0n) is 14.7. The van der Waals surface area contributed by atoms with Crippen molar-refractivity contribution in [3.05, 3.63) is 0 Å². The molecule has 0 aromatic carbocycles. The third-order valence-corrected chi connectivity index (χ3v) is 6.06. The molecular formula is C19H34N2O2. The first-order valence-corrected chi connectivity index (χ1v) is 9.89. The molecule has 2 aliphatic heterocycles. The Kier molecular flexibility index (Phi) is 6.76. The highest BCUT2D eigenvalue weighted by molar-refractivity contribution is 5.76. The summed E-state index contributed by atoms with van der Waals surface area (Å²) >= 11 is 0. The number of carbonyl (C=O) groups excluding carboxylic acids is 1. The summed E-state index contributed by atoms with van der Waals surface area (Å²) in [6.07, 6.45) is 11.0. The van der Waals surface area contributed by atoms with E-state index in [1.807, 2.05) is 0 Å². The van der Waals surface area contributed by atoms with Gasteiger partial charge in [0.1, 0.15) is 0 Å². The molecule has 4 heteroatoms. The fourth-order valence-electron chi connectivity index (χ4n) is 4.53. The van der Waals surface area contributed by atoms with E-state index in [4.69, 9.17) is 4.74 Å². The van der Waals surface area contributed by atoms with Gasteiger partial charge in [-0.2, -0.15) is 0 Å². The molecule has 1 saturated carbocycles. The lowest BCUT2D eigenvalue weighted by Crippen LogP contribution is -2.39. The molecule has 0 spiro atoms. The molecule has 1 atom stereocenters. The molecule has 3 rings (SSSR count). The zero-order chi connectivity index (χ0) is 15.9. The Balaban J connectivity index is 1.37. The molecule has 4 nitrogen and oxygen atoms in total. The predicted octanol–water partition coefficient (Wildman–Crippen LogP) is 2.92. The summed E-state index contributed by atoms with van der Waals surface area (Å²) in [6.45, 7) is 7.12. The maximum atomic E-state index is 12.5. The molecule has 0 N–H and O–H groups in total. The van der Waals surface area contributed by atoms with E-state index in [0.717, 1.165) is 64.1 Å². The third kappa shape index (κ3) is 5.46. The summed E-state index contributed by atoms with van der Waals surface area (Å²) in [5.41, 5.74) is 0. The Morgan fingerprint density at radius 1 is 0.870 bits per heavy atom. The van der Waals surface area contributed by atoms with Crippen LogP contribution >= 0.6 is 0 Å². The fourth-order valence-corrected chi connectivity index (χ4v) is 4.53. The van der Waals surface area contributed by atoms with Crippen LogP contribution in [0.5, 0.6) is 0 Å². The van der Waals surface area contributed by atoms with E-state index >= 15 is 0 Å². The molecule has 23 heavy (non-hydrogen) atoms. The van der Waals surface area contributed by atoms with Crippen molar-refractivity contribution in [2.75, 3.05) is 45.9 Å². The Morgan fingerprint density at radius 2 is 1.61 bits per heavy atom. The van der Waals surface area contributed by atoms with Crippen LogP contribution in [0.2, 0.25) is 0 Å². The van der Waals surface area contributed by atoms with Gasteiger partial charge in [-0.3, -0.25) is 9.69 Å². The van der Waals surface area contributed by atoms with Crippen molar-refractivity contribution in [3.8, 4) is 0 Å². The Hall–Kier alpha value is -0.610. The summed E-state index contributed by atoms with van der Waals surface area (Å²) in [4.78, 5) is 17.2. The lowest BCUT2D eigenvalue weighted by Gasteiger charge is -2.30. The van der Waals surface area contributed by atoms with Gasteiger partial charge in [0.05, 0.1) is 13.2 Å². The van der Waals surface area contributed by atoms with Gasteiger partial charge in [-0.15, -0.1) is 0 Å². The van der Waals surface area contributed by atoms with Crippen LogP contribution in [0.1, 0.15) is 57.8 Å². The molecule has 0 aromatic heterocycles. The summed E-state index contributed by atoms with van der Waals surface area (Å²) in [7, 11) is 0. The SMILES string of the molecule is O=C(CCC1CCCC1)N1CCCC(CN2CCOCC2)CC1. The number of ether oxygens (including phenoxy) is 1. The van der Waals surface area contributed by atoms with Gasteiger partial charge in [-0.05, 0) is 37.5 Å². The summed E-state index contributed by atoms with van der Waals surface area (Å²) in [5, 5.41) is 0. The quantitative estimate of drug-likeness (QED) is 0.780. The highest BCUT2D eigenvalue weighted by Crippen LogP contribution is 2.29. The van der Waals surface area contributed by atoms with Gasteiger partial charge in [0.15, 0.2) is 0 Å². The molecule has 1 amide bonds. The van der Waals surface area contributed by atoms with Gasteiger partial charge in [-0.25, -0.2) is 0 Å². The summed E-state index contributed by atoms with van der Waals surface area (Å²) in [6, 6.07) is 0. The van der Waals surface area contributed by atoms with Gasteiger partial charge in [0.25, 0.3) is 0 Å². The Morgan fingerprint density at radius 3 is 2.39 bits per heavy atom. The molecule has 2 heterocycles. The second kappa shape index (κ2) is 9.03. The molecule has 0 aromatic rings. The third-order valence-electron chi connectivity index (χ3n) is 6.06. The van der Waals surface area contributed by atoms with E-state index in [9.17, 15) is 4.79 Å². The van der Waals surface area contributed by atoms with Crippen LogP contribution in [0.25, 0.3) is 0 Å². The van der Waals surface area contributed by atoms with Gasteiger partial charge in [0, 0.05) is 39.1 Å². The molecule has 0 radical (unpaired) electrons. The minimum absolute atomic E-state index is 0.420. The monoisotopic (exact) mass is 322 g/mol. The topological polar surface area (TPSA) is 32.8 Å². The van der Waals surface area contributed by atoms with Gasteiger partial charge >= 0.3 is 0 Å². The van der Waals surface area contributed by atoms with E-state index < -0.39 is 0 Å². The summed E-state index contributed by atoms with van der Waals surface area (Å²) < 4.78 is 5.44. The van der Waals surface area contributed by atoms with E-state index in [0.29, 0.717) is 5.91 Å². The van der Waals surface area contributed by atoms with E-state index in [1.165, 1.54) is 51.5 Å². The van der Waals surface area contributed by atoms with Crippen LogP contribution < -0.4 is 0 Å². The van der Waals surface area contributed by atoms with Gasteiger partial charge < -0.3 is 9.64 Å². The lowest BCUT2D eigenvalue weighted by molar-refractivity contribution is -0.131. The number of morpholine rings is 1. The van der Waals surface area contributed by atoms with Crippen LogP contribution in [0, 0.1) is 11.8 Å². The highest BCUT2D eigenvalue weighted by Gasteiger charge is 2.24. The van der Waals surface area contributed by atoms with Gasteiger partial charge in [0.2, 0.25) is 5.91 Å². The molecule has 3 aliphatic rings. The largest absolute Gasteiger partial charge is 0.379 e. The minimum atomic E-state index is 0.420. The number of hydrogen-bond acceptors (Lipinski definition) is 3. The van der Waals surface area contributed by atoms with Crippen molar-refractivity contribution >= 4 is 5.91 Å². The number of amides is 1. The van der Waals surface area contributed by atoms with Crippen LogP contribution in [0.3, 0.4) is 0 Å². The highest BCUT2D eigenvalue weighted by atomic mass is 16.5. The van der Waals surface area contributed by atoms with Crippen LogP contribution in [0.4, 0.5) is 0 Å². The minimum Gasteiger partial charge on any atom is -0.379 e. The smallest absolute Gasteiger partial charge is 0.222 e. The molecule has 1 aliphatic carbocycles. The first kappa shape index (κ1) is 17.2. The lowest BCUT2D eigenvalue weighted by atomic mass is 10.00. The molecular weight excluding hydrogens is 288 g/mol. The number of likely N-dealkylation sites (tertiary alicyclic amines) is 1. The molecule has 0 bridgehead atoms. The van der Waals surface area contributed by atoms with E-state index in [2.05, 4.69) is 9.80 Å². The average molecular weight is 322 g/mol. The molecule has 1 unspecified atom stereocenters. The zero-order valence-corrected chi connectivity index (χ0v) is 14.7. The van der Waals surface area contributed by atoms with Crippen molar-refractivity contribution in [2.45, 2.75) is 57.8 Å². The van der Waals surface area contributed by atoms with Crippen molar-refractivity contribution in [1.82, 2.24) is 9.80 Å². The maximum absolute atomic E-state index is 12.5. The van der Waals surface area contributed by atoms with Crippen molar-refractivity contribution in [3.63, 3.8) is 0 Å². The molecule has 3 fully saturated rings. The van der Waals surface area contributed by atoms with Crippen molar-refractivity contribution in [1.29, 1.82) is 0 Å². The van der Waals surface area contributed by atoms with Crippen molar-refractivity contribution < 1.29 is 9.53 Å². The van der Waals surface area contributed by atoms with Crippen LogP contribution in [-0.2, 0) is 9.53 Å². The number of hydrogen-bond donors (Lipinski definition) is 0. The first-order valence-electron chi connectivity index (χ1n) is 9.89. The molecule has 132 valence electrons. The maximum Gasteiger partial charge on any atom is 0.222 e. The standard InChI is InChI=1S/C19H34N2O2/c22-19(8-7-17-4-1-2-5-17)21-10-3-6-18(9-11-21)16-20-12-14-23-15-13-20/h17-18H,1-16H2. The predicted molar refractivity (Wildman–Crippen MR) is 92.4 cm³/mol. The number of carbonyl (C=O) groups is 1. The summed E-state index contributed by atoms with van der Waals surface area (Å²) in [5.74, 6) is 2.02. The van der Waals surface area contributed by atoms with Crippen molar-refractivity contribution in [2.24, 2.45) is 11.8 Å². The Labute approximate surface area is 141 Å². The van der Waals surface area contributed by atoms with Gasteiger partial charge in [-0.1, -0.05) is 25.7 Å². The normalized spacial score (nSPS) is 28.0. The Bertz CT molecular complexity index is 362. The first-order chi connectivity index (χ1) is 11.3. The van der Waals surface area contributed by atoms with Crippen LogP contribution in [-0.4, -0.2) is 61.6 Å². The fraction of sp³-hybridized carbons (Fsp3) is 0.947.